The molecule has 0 saturated heterocycles. The van der Waals surface area contributed by atoms with Crippen molar-refractivity contribution >= 4 is 22.3 Å². The zero-order chi connectivity index (χ0) is 18.6. The van der Waals surface area contributed by atoms with Crippen LogP contribution in [0.4, 0.5) is 11.4 Å². The summed E-state index contributed by atoms with van der Waals surface area (Å²) in [5.74, 6) is 0.0155. The van der Waals surface area contributed by atoms with Crippen molar-refractivity contribution in [2.45, 2.75) is 12.8 Å². The smallest absolute Gasteiger partial charge is 0.103 e. The first kappa shape index (κ1) is 16.8. The fourth-order valence-corrected chi connectivity index (χ4v) is 3.35. The number of pyridine rings is 1. The van der Waals surface area contributed by atoms with E-state index in [2.05, 4.69) is 30.4 Å². The Morgan fingerprint density at radius 2 is 1.48 bits per heavy atom. The SMILES string of the molecule is CC(c1ccccc1)c1nc2ccccc2c(Nc2ccccc2)c1C#N. The molecule has 0 bridgehead atoms. The molecule has 3 heteroatoms. The highest BCUT2D eigenvalue weighted by atomic mass is 14.9. The van der Waals surface area contributed by atoms with Gasteiger partial charge in [0.05, 0.1) is 22.5 Å². The minimum Gasteiger partial charge on any atom is -0.354 e. The molecule has 4 rings (SSSR count). The van der Waals surface area contributed by atoms with Crippen molar-refractivity contribution < 1.29 is 0 Å². The molecule has 4 aromatic rings. The summed E-state index contributed by atoms with van der Waals surface area (Å²) in [5.41, 5.74) is 5.17. The number of anilines is 2. The fourth-order valence-electron chi connectivity index (χ4n) is 3.35. The van der Waals surface area contributed by atoms with Gasteiger partial charge in [-0.25, -0.2) is 0 Å². The van der Waals surface area contributed by atoms with Gasteiger partial charge in [-0.05, 0) is 23.8 Å². The quantitative estimate of drug-likeness (QED) is 0.491. The third-order valence-corrected chi connectivity index (χ3v) is 4.79. The predicted octanol–water partition coefficient (Wildman–Crippen LogP) is 6.00. The van der Waals surface area contributed by atoms with Crippen molar-refractivity contribution in [2.24, 2.45) is 0 Å². The van der Waals surface area contributed by atoms with E-state index in [0.29, 0.717) is 5.56 Å². The largest absolute Gasteiger partial charge is 0.354 e. The minimum absolute atomic E-state index is 0.0155. The third-order valence-electron chi connectivity index (χ3n) is 4.79. The van der Waals surface area contributed by atoms with Crippen molar-refractivity contribution in [1.82, 2.24) is 4.98 Å². The van der Waals surface area contributed by atoms with E-state index in [9.17, 15) is 5.26 Å². The van der Waals surface area contributed by atoms with E-state index < -0.39 is 0 Å². The van der Waals surface area contributed by atoms with E-state index in [1.165, 1.54) is 0 Å². The Bertz CT molecular complexity index is 1110. The number of benzene rings is 3. The number of aromatic nitrogens is 1. The van der Waals surface area contributed by atoms with E-state index >= 15 is 0 Å². The number of nitriles is 1. The Labute approximate surface area is 158 Å². The van der Waals surface area contributed by atoms with E-state index in [-0.39, 0.29) is 5.92 Å². The Morgan fingerprint density at radius 1 is 0.852 bits per heavy atom. The predicted molar refractivity (Wildman–Crippen MR) is 110 cm³/mol. The molecular weight excluding hydrogens is 330 g/mol. The zero-order valence-corrected chi connectivity index (χ0v) is 15.1. The van der Waals surface area contributed by atoms with Crippen molar-refractivity contribution in [3.63, 3.8) is 0 Å². The lowest BCUT2D eigenvalue weighted by molar-refractivity contribution is 0.875. The van der Waals surface area contributed by atoms with Crippen molar-refractivity contribution in [3.8, 4) is 6.07 Å². The van der Waals surface area contributed by atoms with Crippen LogP contribution >= 0.6 is 0 Å². The van der Waals surface area contributed by atoms with Crippen LogP contribution in [-0.4, -0.2) is 4.98 Å². The van der Waals surface area contributed by atoms with Crippen LogP contribution in [0.3, 0.4) is 0 Å². The molecule has 1 atom stereocenters. The zero-order valence-electron chi connectivity index (χ0n) is 15.1. The molecule has 1 N–H and O–H groups in total. The molecule has 0 amide bonds. The maximum Gasteiger partial charge on any atom is 0.103 e. The molecular formula is C24H19N3. The number of para-hydroxylation sites is 2. The topological polar surface area (TPSA) is 48.7 Å². The van der Waals surface area contributed by atoms with Crippen molar-refractivity contribution in [3.05, 3.63) is 102 Å². The summed E-state index contributed by atoms with van der Waals surface area (Å²) in [5, 5.41) is 14.4. The molecule has 1 unspecified atom stereocenters. The second-order valence-electron chi connectivity index (χ2n) is 6.50. The Morgan fingerprint density at radius 3 is 2.19 bits per heavy atom. The summed E-state index contributed by atoms with van der Waals surface area (Å²) < 4.78 is 0. The van der Waals surface area contributed by atoms with Crippen LogP contribution in [0.5, 0.6) is 0 Å². The van der Waals surface area contributed by atoms with Crippen LogP contribution in [0, 0.1) is 11.3 Å². The van der Waals surface area contributed by atoms with Gasteiger partial charge < -0.3 is 5.32 Å². The second-order valence-corrected chi connectivity index (χ2v) is 6.50. The molecule has 0 fully saturated rings. The van der Waals surface area contributed by atoms with Gasteiger partial charge in [0.25, 0.3) is 0 Å². The van der Waals surface area contributed by atoms with Crippen LogP contribution in [0.25, 0.3) is 10.9 Å². The van der Waals surface area contributed by atoms with E-state index in [0.717, 1.165) is 33.5 Å². The Balaban J connectivity index is 1.94. The van der Waals surface area contributed by atoms with Gasteiger partial charge in [-0.3, -0.25) is 4.98 Å². The molecule has 130 valence electrons. The lowest BCUT2D eigenvalue weighted by Gasteiger charge is -2.19. The molecule has 0 saturated carbocycles. The molecule has 0 aliphatic carbocycles. The minimum atomic E-state index is 0.0155. The van der Waals surface area contributed by atoms with Crippen LogP contribution in [0.1, 0.15) is 29.7 Å². The first-order valence-electron chi connectivity index (χ1n) is 8.97. The molecule has 1 heterocycles. The van der Waals surface area contributed by atoms with Crippen LogP contribution in [0.15, 0.2) is 84.9 Å². The number of fused-ring (bicyclic) bond motifs is 1. The highest BCUT2D eigenvalue weighted by molar-refractivity contribution is 5.96. The highest BCUT2D eigenvalue weighted by Crippen LogP contribution is 2.35. The Hall–Kier alpha value is -3.64. The van der Waals surface area contributed by atoms with Gasteiger partial charge in [-0.1, -0.05) is 73.7 Å². The average Bonchev–Trinajstić information content (AvgIpc) is 2.74. The second kappa shape index (κ2) is 7.31. The summed E-state index contributed by atoms with van der Waals surface area (Å²) in [4.78, 5) is 4.86. The number of hydrogen-bond acceptors (Lipinski definition) is 3. The van der Waals surface area contributed by atoms with Crippen LogP contribution < -0.4 is 5.32 Å². The maximum atomic E-state index is 10.0. The number of hydrogen-bond donors (Lipinski definition) is 1. The molecule has 3 nitrogen and oxygen atoms in total. The lowest BCUT2D eigenvalue weighted by atomic mass is 9.92. The summed E-state index contributed by atoms with van der Waals surface area (Å²) in [6, 6.07) is 30.5. The molecule has 27 heavy (non-hydrogen) atoms. The van der Waals surface area contributed by atoms with Gasteiger partial charge in [0.15, 0.2) is 0 Å². The number of rotatable bonds is 4. The summed E-state index contributed by atoms with van der Waals surface area (Å²) in [7, 11) is 0. The van der Waals surface area contributed by atoms with Gasteiger partial charge >= 0.3 is 0 Å². The van der Waals surface area contributed by atoms with Crippen LogP contribution in [0.2, 0.25) is 0 Å². The van der Waals surface area contributed by atoms with E-state index in [1.807, 2.05) is 72.8 Å². The van der Waals surface area contributed by atoms with Gasteiger partial charge in [-0.15, -0.1) is 0 Å². The lowest BCUT2D eigenvalue weighted by Crippen LogP contribution is -2.07. The van der Waals surface area contributed by atoms with E-state index in [4.69, 9.17) is 4.98 Å². The summed E-state index contributed by atoms with van der Waals surface area (Å²) in [6.07, 6.45) is 0. The molecule has 3 aromatic carbocycles. The molecule has 0 radical (unpaired) electrons. The van der Waals surface area contributed by atoms with Gasteiger partial charge in [0, 0.05) is 17.0 Å². The first-order chi connectivity index (χ1) is 13.3. The first-order valence-corrected chi connectivity index (χ1v) is 8.97. The van der Waals surface area contributed by atoms with Crippen molar-refractivity contribution in [2.75, 3.05) is 5.32 Å². The monoisotopic (exact) mass is 349 g/mol. The molecule has 0 spiro atoms. The highest BCUT2D eigenvalue weighted by Gasteiger charge is 2.20. The fraction of sp³-hybridized carbons (Fsp3) is 0.0833. The van der Waals surface area contributed by atoms with Crippen molar-refractivity contribution in [1.29, 1.82) is 5.26 Å². The molecule has 1 aromatic heterocycles. The normalized spacial score (nSPS) is 11.7. The average molecular weight is 349 g/mol. The Kier molecular flexibility index (Phi) is 4.55. The maximum absolute atomic E-state index is 10.0. The molecule has 0 aliphatic heterocycles. The number of nitrogens with one attached hydrogen (secondary N) is 1. The van der Waals surface area contributed by atoms with Gasteiger partial charge in [0.2, 0.25) is 0 Å². The number of nitrogens with zero attached hydrogens (tertiary/aromatic N) is 2. The summed E-state index contributed by atoms with van der Waals surface area (Å²) in [6.45, 7) is 2.10. The van der Waals surface area contributed by atoms with Crippen LogP contribution in [-0.2, 0) is 0 Å². The van der Waals surface area contributed by atoms with Gasteiger partial charge in [-0.2, -0.15) is 5.26 Å². The summed E-state index contributed by atoms with van der Waals surface area (Å²) >= 11 is 0. The standard InChI is InChI=1S/C24H19N3/c1-17(18-10-4-2-5-11-18)23-21(16-25)24(26-19-12-6-3-7-13-19)20-14-8-9-15-22(20)27-23/h2-15,17H,1H3,(H,26,27). The van der Waals surface area contributed by atoms with Gasteiger partial charge in [0.1, 0.15) is 6.07 Å². The van der Waals surface area contributed by atoms with E-state index in [1.54, 1.807) is 0 Å². The third kappa shape index (κ3) is 3.26. The molecule has 0 aliphatic rings.